The van der Waals surface area contributed by atoms with Crippen LogP contribution in [0.2, 0.25) is 0 Å². The molecule has 0 fully saturated rings. The highest BCUT2D eigenvalue weighted by atomic mass is 16.6. The van der Waals surface area contributed by atoms with E-state index >= 15 is 0 Å². The van der Waals surface area contributed by atoms with E-state index in [0.717, 1.165) is 5.56 Å². The maximum absolute atomic E-state index is 12.3. The Morgan fingerprint density at radius 2 is 1.90 bits per heavy atom. The molecular formula is C15H21NO4. The van der Waals surface area contributed by atoms with Crippen molar-refractivity contribution in [3.8, 4) is 0 Å². The summed E-state index contributed by atoms with van der Waals surface area (Å²) in [5.41, 5.74) is 5.00. The highest BCUT2D eigenvalue weighted by Crippen LogP contribution is 2.27. The van der Waals surface area contributed by atoms with E-state index < -0.39 is 29.5 Å². The molecule has 0 unspecified atom stereocenters. The van der Waals surface area contributed by atoms with Crippen molar-refractivity contribution in [2.45, 2.75) is 45.3 Å². The van der Waals surface area contributed by atoms with Gasteiger partial charge < -0.3 is 15.6 Å². The summed E-state index contributed by atoms with van der Waals surface area (Å²) in [7, 11) is 0. The third-order valence-corrected chi connectivity index (χ3v) is 2.73. The van der Waals surface area contributed by atoms with Crippen molar-refractivity contribution < 1.29 is 19.4 Å². The van der Waals surface area contributed by atoms with Crippen LogP contribution >= 0.6 is 0 Å². The summed E-state index contributed by atoms with van der Waals surface area (Å²) in [5, 5.41) is 9.04. The Morgan fingerprint density at radius 3 is 2.35 bits per heavy atom. The molecule has 1 rings (SSSR count). The van der Waals surface area contributed by atoms with Gasteiger partial charge in [0.25, 0.3) is 0 Å². The lowest BCUT2D eigenvalue weighted by Crippen LogP contribution is -2.49. The van der Waals surface area contributed by atoms with Crippen molar-refractivity contribution in [3.05, 3.63) is 35.4 Å². The topological polar surface area (TPSA) is 89.6 Å². The molecule has 110 valence electrons. The summed E-state index contributed by atoms with van der Waals surface area (Å²) < 4.78 is 5.27. The van der Waals surface area contributed by atoms with Gasteiger partial charge in [0, 0.05) is 0 Å². The minimum absolute atomic E-state index is 0.439. The van der Waals surface area contributed by atoms with Crippen molar-refractivity contribution in [2.24, 2.45) is 5.73 Å². The van der Waals surface area contributed by atoms with Gasteiger partial charge in [-0.2, -0.15) is 0 Å². The standard InChI is InChI=1S/C15H21NO4/c1-10-6-5-7-11(8-10)15(16,9-12(17)18)13(19)20-14(2,3)4/h5-8H,9,16H2,1-4H3,(H,17,18)/t15-/m0/s1. The average Bonchev–Trinajstić information content (AvgIpc) is 2.25. The number of carboxylic acids is 1. The Bertz CT molecular complexity index is 519. The van der Waals surface area contributed by atoms with Crippen LogP contribution in [-0.2, 0) is 19.9 Å². The first kappa shape index (κ1) is 16.2. The molecule has 0 heterocycles. The fourth-order valence-electron chi connectivity index (χ4n) is 1.82. The van der Waals surface area contributed by atoms with Gasteiger partial charge in [0.05, 0.1) is 6.42 Å². The fraction of sp³-hybridized carbons (Fsp3) is 0.467. The second-order valence-electron chi connectivity index (χ2n) is 5.91. The molecule has 0 aliphatic rings. The zero-order valence-corrected chi connectivity index (χ0v) is 12.3. The molecule has 0 saturated heterocycles. The van der Waals surface area contributed by atoms with Crippen molar-refractivity contribution in [1.29, 1.82) is 0 Å². The van der Waals surface area contributed by atoms with E-state index in [4.69, 9.17) is 15.6 Å². The molecule has 5 heteroatoms. The number of esters is 1. The minimum Gasteiger partial charge on any atom is -0.481 e. The molecule has 0 bridgehead atoms. The molecule has 1 aromatic carbocycles. The summed E-state index contributed by atoms with van der Waals surface area (Å²) in [6, 6.07) is 6.92. The van der Waals surface area contributed by atoms with Crippen LogP contribution in [0.25, 0.3) is 0 Å². The van der Waals surface area contributed by atoms with Gasteiger partial charge in [0.1, 0.15) is 5.60 Å². The van der Waals surface area contributed by atoms with Crippen molar-refractivity contribution in [1.82, 2.24) is 0 Å². The van der Waals surface area contributed by atoms with Gasteiger partial charge in [-0.05, 0) is 33.3 Å². The number of aryl methyl sites for hydroxylation is 1. The highest BCUT2D eigenvalue weighted by molar-refractivity contribution is 5.87. The van der Waals surface area contributed by atoms with Crippen molar-refractivity contribution in [2.75, 3.05) is 0 Å². The maximum Gasteiger partial charge on any atom is 0.331 e. The lowest BCUT2D eigenvalue weighted by atomic mass is 9.86. The first-order chi connectivity index (χ1) is 9.04. The maximum atomic E-state index is 12.3. The predicted octanol–water partition coefficient (Wildman–Crippen LogP) is 1.97. The monoisotopic (exact) mass is 279 g/mol. The Labute approximate surface area is 118 Å². The number of carbonyl (C=O) groups is 2. The number of rotatable bonds is 4. The number of ether oxygens (including phenoxy) is 1. The predicted molar refractivity (Wildman–Crippen MR) is 75.1 cm³/mol. The van der Waals surface area contributed by atoms with Gasteiger partial charge in [-0.1, -0.05) is 29.8 Å². The summed E-state index contributed by atoms with van der Waals surface area (Å²) in [4.78, 5) is 23.4. The zero-order chi connectivity index (χ0) is 15.6. The van der Waals surface area contributed by atoms with Crippen LogP contribution in [-0.4, -0.2) is 22.6 Å². The third-order valence-electron chi connectivity index (χ3n) is 2.73. The van der Waals surface area contributed by atoms with Gasteiger partial charge in [0.2, 0.25) is 0 Å². The van der Waals surface area contributed by atoms with E-state index in [1.807, 2.05) is 13.0 Å². The number of hydrogen-bond donors (Lipinski definition) is 2. The summed E-state index contributed by atoms with van der Waals surface area (Å²) in [6.07, 6.45) is -0.522. The van der Waals surface area contributed by atoms with Crippen LogP contribution in [0, 0.1) is 6.92 Å². The normalized spacial score (nSPS) is 14.4. The van der Waals surface area contributed by atoms with Crippen LogP contribution in [0.15, 0.2) is 24.3 Å². The minimum atomic E-state index is -1.69. The number of aliphatic carboxylic acids is 1. The molecule has 0 saturated carbocycles. The molecule has 0 aromatic heterocycles. The highest BCUT2D eigenvalue weighted by Gasteiger charge is 2.41. The van der Waals surface area contributed by atoms with Crippen LogP contribution in [0.4, 0.5) is 0 Å². The molecular weight excluding hydrogens is 258 g/mol. The molecule has 1 aromatic rings. The number of benzene rings is 1. The number of carbonyl (C=O) groups excluding carboxylic acids is 1. The molecule has 0 spiro atoms. The Kier molecular flexibility index (Phi) is 4.55. The zero-order valence-electron chi connectivity index (χ0n) is 12.3. The van der Waals surface area contributed by atoms with Gasteiger partial charge in [-0.15, -0.1) is 0 Å². The molecule has 0 aliphatic carbocycles. The number of carboxylic acid groups (broad SMARTS) is 1. The lowest BCUT2D eigenvalue weighted by Gasteiger charge is -2.30. The summed E-state index contributed by atoms with van der Waals surface area (Å²) in [5.74, 6) is -1.89. The Hall–Kier alpha value is -1.88. The lowest BCUT2D eigenvalue weighted by molar-refractivity contribution is -0.165. The van der Waals surface area contributed by atoms with E-state index in [0.29, 0.717) is 5.56 Å². The van der Waals surface area contributed by atoms with Gasteiger partial charge >= 0.3 is 11.9 Å². The molecule has 1 atom stereocenters. The molecule has 5 nitrogen and oxygen atoms in total. The molecule has 20 heavy (non-hydrogen) atoms. The quantitative estimate of drug-likeness (QED) is 0.822. The average molecular weight is 279 g/mol. The third kappa shape index (κ3) is 4.06. The van der Waals surface area contributed by atoms with Crippen molar-refractivity contribution >= 4 is 11.9 Å². The van der Waals surface area contributed by atoms with E-state index in [9.17, 15) is 9.59 Å². The van der Waals surface area contributed by atoms with Gasteiger partial charge in [-0.3, -0.25) is 4.79 Å². The number of hydrogen-bond acceptors (Lipinski definition) is 4. The first-order valence-corrected chi connectivity index (χ1v) is 6.36. The summed E-state index contributed by atoms with van der Waals surface area (Å²) in [6.45, 7) is 6.98. The summed E-state index contributed by atoms with van der Waals surface area (Å²) >= 11 is 0. The van der Waals surface area contributed by atoms with Gasteiger partial charge in [-0.25, -0.2) is 4.79 Å². The molecule has 0 amide bonds. The van der Waals surface area contributed by atoms with Crippen LogP contribution in [0.1, 0.15) is 38.3 Å². The molecule has 0 aliphatic heterocycles. The van der Waals surface area contributed by atoms with E-state index in [-0.39, 0.29) is 0 Å². The van der Waals surface area contributed by atoms with E-state index in [1.165, 1.54) is 0 Å². The SMILES string of the molecule is Cc1cccc([C@@](N)(CC(=O)O)C(=O)OC(C)(C)C)c1. The van der Waals surface area contributed by atoms with Crippen LogP contribution < -0.4 is 5.73 Å². The molecule has 0 radical (unpaired) electrons. The van der Waals surface area contributed by atoms with E-state index in [1.54, 1.807) is 39.0 Å². The van der Waals surface area contributed by atoms with E-state index in [2.05, 4.69) is 0 Å². The van der Waals surface area contributed by atoms with Crippen LogP contribution in [0.5, 0.6) is 0 Å². The first-order valence-electron chi connectivity index (χ1n) is 6.36. The Balaban J connectivity index is 3.22. The smallest absolute Gasteiger partial charge is 0.331 e. The molecule has 3 N–H and O–H groups in total. The fourth-order valence-corrected chi connectivity index (χ4v) is 1.82. The number of nitrogens with two attached hydrogens (primary N) is 1. The van der Waals surface area contributed by atoms with Crippen LogP contribution in [0.3, 0.4) is 0 Å². The van der Waals surface area contributed by atoms with Crippen molar-refractivity contribution in [3.63, 3.8) is 0 Å². The second kappa shape index (κ2) is 5.63. The second-order valence-corrected chi connectivity index (χ2v) is 5.91. The van der Waals surface area contributed by atoms with Gasteiger partial charge in [0.15, 0.2) is 5.54 Å². The largest absolute Gasteiger partial charge is 0.481 e. The Morgan fingerprint density at radius 1 is 1.30 bits per heavy atom.